The molecular weight excluding hydrogens is 388 g/mol. The first-order chi connectivity index (χ1) is 12.7. The van der Waals surface area contributed by atoms with E-state index in [1.54, 1.807) is 36.4 Å². The molecule has 6 nitrogen and oxygen atoms in total. The maximum atomic E-state index is 13.2. The van der Waals surface area contributed by atoms with E-state index in [1.165, 1.54) is 19.2 Å². The Kier molecular flexibility index (Phi) is 7.10. The van der Waals surface area contributed by atoms with Crippen molar-refractivity contribution in [2.45, 2.75) is 18.7 Å². The standard InChI is InChI=1S/C19H23ClN2O4S/c1-14(2)12-21-19(23)13-22(16-6-4-15(20)5-7-16)27(24,25)18-10-8-17(26-3)9-11-18/h4-11,14H,12-13H2,1-3H3,(H,21,23). The summed E-state index contributed by atoms with van der Waals surface area (Å²) in [5, 5.41) is 3.22. The van der Waals surface area contributed by atoms with E-state index < -0.39 is 10.0 Å². The zero-order valence-corrected chi connectivity index (χ0v) is 17.0. The lowest BCUT2D eigenvalue weighted by atomic mass is 10.2. The van der Waals surface area contributed by atoms with E-state index in [0.29, 0.717) is 23.0 Å². The number of hydrogen-bond acceptors (Lipinski definition) is 4. The fourth-order valence-electron chi connectivity index (χ4n) is 2.30. The molecule has 2 rings (SSSR count). The van der Waals surface area contributed by atoms with Crippen molar-refractivity contribution in [3.63, 3.8) is 0 Å². The van der Waals surface area contributed by atoms with Gasteiger partial charge < -0.3 is 10.1 Å². The van der Waals surface area contributed by atoms with E-state index in [0.717, 1.165) is 4.31 Å². The summed E-state index contributed by atoms with van der Waals surface area (Å²) < 4.78 is 32.5. The van der Waals surface area contributed by atoms with Crippen LogP contribution in [0.4, 0.5) is 5.69 Å². The molecule has 0 unspecified atom stereocenters. The quantitative estimate of drug-likeness (QED) is 0.724. The topological polar surface area (TPSA) is 75.7 Å². The Morgan fingerprint density at radius 3 is 2.22 bits per heavy atom. The highest BCUT2D eigenvalue weighted by Gasteiger charge is 2.27. The zero-order valence-electron chi connectivity index (χ0n) is 15.5. The average Bonchev–Trinajstić information content (AvgIpc) is 2.65. The molecule has 0 radical (unpaired) electrons. The molecule has 146 valence electrons. The minimum Gasteiger partial charge on any atom is -0.497 e. The van der Waals surface area contributed by atoms with Crippen LogP contribution in [0.15, 0.2) is 53.4 Å². The first kappa shape index (κ1) is 21.1. The Balaban J connectivity index is 2.37. The number of rotatable bonds is 8. The van der Waals surface area contributed by atoms with Crippen LogP contribution in [0.1, 0.15) is 13.8 Å². The number of ether oxygens (including phenoxy) is 1. The number of halogens is 1. The molecule has 0 aliphatic heterocycles. The molecule has 0 saturated heterocycles. The van der Waals surface area contributed by atoms with Gasteiger partial charge in [0.2, 0.25) is 5.91 Å². The molecule has 0 atom stereocenters. The van der Waals surface area contributed by atoms with Gasteiger partial charge in [-0.3, -0.25) is 9.10 Å². The lowest BCUT2D eigenvalue weighted by Gasteiger charge is -2.24. The van der Waals surface area contributed by atoms with Crippen LogP contribution in [0.3, 0.4) is 0 Å². The fraction of sp³-hybridized carbons (Fsp3) is 0.316. The van der Waals surface area contributed by atoms with Crippen molar-refractivity contribution in [1.82, 2.24) is 5.32 Å². The van der Waals surface area contributed by atoms with E-state index in [1.807, 2.05) is 13.8 Å². The Bertz CT molecular complexity index is 866. The number of amides is 1. The van der Waals surface area contributed by atoms with Gasteiger partial charge >= 0.3 is 0 Å². The van der Waals surface area contributed by atoms with E-state index in [4.69, 9.17) is 16.3 Å². The number of anilines is 1. The maximum Gasteiger partial charge on any atom is 0.264 e. The summed E-state index contributed by atoms with van der Waals surface area (Å²) in [6.45, 7) is 4.06. The molecule has 27 heavy (non-hydrogen) atoms. The van der Waals surface area contributed by atoms with Crippen LogP contribution in [0.5, 0.6) is 5.75 Å². The summed E-state index contributed by atoms with van der Waals surface area (Å²) in [6.07, 6.45) is 0. The van der Waals surface area contributed by atoms with Crippen LogP contribution in [0.2, 0.25) is 5.02 Å². The number of nitrogens with one attached hydrogen (secondary N) is 1. The van der Waals surface area contributed by atoms with Gasteiger partial charge in [0.25, 0.3) is 10.0 Å². The van der Waals surface area contributed by atoms with Gasteiger partial charge in [-0.2, -0.15) is 0 Å². The summed E-state index contributed by atoms with van der Waals surface area (Å²) in [6, 6.07) is 12.3. The first-order valence-corrected chi connectivity index (χ1v) is 10.2. The minimum atomic E-state index is -3.95. The molecular formula is C19H23ClN2O4S. The lowest BCUT2D eigenvalue weighted by Crippen LogP contribution is -2.41. The Morgan fingerprint density at radius 2 is 1.70 bits per heavy atom. The van der Waals surface area contributed by atoms with E-state index in [9.17, 15) is 13.2 Å². The largest absolute Gasteiger partial charge is 0.497 e. The molecule has 1 amide bonds. The highest BCUT2D eigenvalue weighted by Crippen LogP contribution is 2.26. The third-order valence-electron chi connectivity index (χ3n) is 3.76. The van der Waals surface area contributed by atoms with Gasteiger partial charge in [0.05, 0.1) is 17.7 Å². The number of nitrogens with zero attached hydrogens (tertiary/aromatic N) is 1. The lowest BCUT2D eigenvalue weighted by molar-refractivity contribution is -0.119. The summed E-state index contributed by atoms with van der Waals surface area (Å²) >= 11 is 5.91. The molecule has 0 bridgehead atoms. The van der Waals surface area contributed by atoms with Crippen LogP contribution < -0.4 is 14.4 Å². The number of sulfonamides is 1. The second-order valence-electron chi connectivity index (χ2n) is 6.36. The summed E-state index contributed by atoms with van der Waals surface area (Å²) in [5.41, 5.74) is 0.356. The Hall–Kier alpha value is -2.25. The van der Waals surface area contributed by atoms with Crippen LogP contribution in [0, 0.1) is 5.92 Å². The average molecular weight is 411 g/mol. The van der Waals surface area contributed by atoms with Crippen LogP contribution in [-0.4, -0.2) is 34.5 Å². The number of carbonyl (C=O) groups excluding carboxylic acids is 1. The molecule has 0 aliphatic carbocycles. The Labute approximate surface area is 165 Å². The van der Waals surface area contributed by atoms with Crippen molar-refractivity contribution >= 4 is 33.2 Å². The van der Waals surface area contributed by atoms with Crippen LogP contribution in [0.25, 0.3) is 0 Å². The first-order valence-electron chi connectivity index (χ1n) is 8.43. The Morgan fingerprint density at radius 1 is 1.11 bits per heavy atom. The summed E-state index contributed by atoms with van der Waals surface area (Å²) in [7, 11) is -2.45. The maximum absolute atomic E-state index is 13.2. The normalized spacial score (nSPS) is 11.3. The van der Waals surface area contributed by atoms with Crippen molar-refractivity contribution in [3.05, 3.63) is 53.6 Å². The monoisotopic (exact) mass is 410 g/mol. The van der Waals surface area contributed by atoms with Crippen molar-refractivity contribution in [3.8, 4) is 5.75 Å². The molecule has 0 aromatic heterocycles. The van der Waals surface area contributed by atoms with Crippen LogP contribution in [-0.2, 0) is 14.8 Å². The molecule has 0 fully saturated rings. The second kappa shape index (κ2) is 9.10. The smallest absolute Gasteiger partial charge is 0.264 e. The number of methoxy groups -OCH3 is 1. The van der Waals surface area contributed by atoms with Crippen molar-refractivity contribution in [2.24, 2.45) is 5.92 Å². The predicted octanol–water partition coefficient (Wildman–Crippen LogP) is 3.32. The van der Waals surface area contributed by atoms with Gasteiger partial charge in [-0.1, -0.05) is 25.4 Å². The van der Waals surface area contributed by atoms with Gasteiger partial charge in [0.15, 0.2) is 0 Å². The summed E-state index contributed by atoms with van der Waals surface area (Å²) in [5.74, 6) is 0.425. The number of hydrogen-bond donors (Lipinski definition) is 1. The second-order valence-corrected chi connectivity index (χ2v) is 8.66. The number of carbonyl (C=O) groups is 1. The molecule has 8 heteroatoms. The van der Waals surface area contributed by atoms with Crippen molar-refractivity contribution in [2.75, 3.05) is 24.5 Å². The third kappa shape index (κ3) is 5.61. The number of benzene rings is 2. The van der Waals surface area contributed by atoms with Gasteiger partial charge in [0.1, 0.15) is 12.3 Å². The minimum absolute atomic E-state index is 0.0647. The van der Waals surface area contributed by atoms with Crippen molar-refractivity contribution in [1.29, 1.82) is 0 Å². The molecule has 0 heterocycles. The fourth-order valence-corrected chi connectivity index (χ4v) is 3.85. The molecule has 2 aromatic rings. The third-order valence-corrected chi connectivity index (χ3v) is 5.80. The molecule has 1 N–H and O–H groups in total. The van der Waals surface area contributed by atoms with E-state index >= 15 is 0 Å². The zero-order chi connectivity index (χ0) is 20.0. The highest BCUT2D eigenvalue weighted by atomic mass is 35.5. The molecule has 0 aliphatic rings. The highest BCUT2D eigenvalue weighted by molar-refractivity contribution is 7.92. The molecule has 0 saturated carbocycles. The van der Waals surface area contributed by atoms with Crippen molar-refractivity contribution < 1.29 is 17.9 Å². The van der Waals surface area contributed by atoms with Crippen LogP contribution >= 0.6 is 11.6 Å². The predicted molar refractivity (Wildman–Crippen MR) is 107 cm³/mol. The van der Waals surface area contributed by atoms with Gasteiger partial charge in [-0.05, 0) is 54.4 Å². The van der Waals surface area contributed by atoms with E-state index in [-0.39, 0.29) is 23.3 Å². The summed E-state index contributed by atoms with van der Waals surface area (Å²) in [4.78, 5) is 12.4. The van der Waals surface area contributed by atoms with Gasteiger partial charge in [0, 0.05) is 11.6 Å². The van der Waals surface area contributed by atoms with Gasteiger partial charge in [-0.25, -0.2) is 8.42 Å². The SMILES string of the molecule is COc1ccc(S(=O)(=O)N(CC(=O)NCC(C)C)c2ccc(Cl)cc2)cc1. The molecule has 2 aromatic carbocycles. The van der Waals surface area contributed by atoms with E-state index in [2.05, 4.69) is 5.32 Å². The van der Waals surface area contributed by atoms with Gasteiger partial charge in [-0.15, -0.1) is 0 Å². The molecule has 0 spiro atoms.